The van der Waals surface area contributed by atoms with Gasteiger partial charge in [-0.2, -0.15) is 0 Å². The number of nitrogens with zero attached hydrogens (tertiary/aromatic N) is 1. The Morgan fingerprint density at radius 2 is 1.87 bits per heavy atom. The third-order valence-corrected chi connectivity index (χ3v) is 5.99. The topological polar surface area (TPSA) is 29.4 Å². The SMILES string of the molecule is O=C1SC(SCc2ccccc2)=N/C1=C\c1cccc(Cl)c1Cl. The second-order valence-electron chi connectivity index (χ2n) is 4.71. The summed E-state index contributed by atoms with van der Waals surface area (Å²) in [5.74, 6) is 0.783. The minimum atomic E-state index is -0.0726. The molecule has 116 valence electrons. The number of carbonyl (C=O) groups excluding carboxylic acids is 1. The quantitative estimate of drug-likeness (QED) is 0.621. The molecule has 1 aliphatic rings. The molecule has 0 fully saturated rings. The third-order valence-electron chi connectivity index (χ3n) is 3.08. The van der Waals surface area contributed by atoms with E-state index in [1.54, 1.807) is 30.0 Å². The highest BCUT2D eigenvalue weighted by Crippen LogP contribution is 2.34. The highest BCUT2D eigenvalue weighted by atomic mass is 35.5. The van der Waals surface area contributed by atoms with Gasteiger partial charge in [0.15, 0.2) is 0 Å². The maximum Gasteiger partial charge on any atom is 0.244 e. The van der Waals surface area contributed by atoms with Gasteiger partial charge in [0.05, 0.1) is 10.0 Å². The molecule has 0 bridgehead atoms. The summed E-state index contributed by atoms with van der Waals surface area (Å²) < 4.78 is 0.753. The van der Waals surface area contributed by atoms with Crippen molar-refractivity contribution in [2.45, 2.75) is 5.75 Å². The predicted octanol–water partition coefficient (Wildman–Crippen LogP) is 5.90. The summed E-state index contributed by atoms with van der Waals surface area (Å²) in [6.45, 7) is 0. The molecule has 0 aliphatic carbocycles. The third kappa shape index (κ3) is 4.21. The summed E-state index contributed by atoms with van der Waals surface area (Å²) in [5, 5.41) is 0.818. The van der Waals surface area contributed by atoms with Crippen LogP contribution in [-0.4, -0.2) is 9.49 Å². The van der Waals surface area contributed by atoms with Crippen molar-refractivity contribution < 1.29 is 4.79 Å². The average molecular weight is 380 g/mol. The lowest BCUT2D eigenvalue weighted by atomic mass is 10.2. The fourth-order valence-corrected chi connectivity index (χ4v) is 4.11. The summed E-state index contributed by atoms with van der Waals surface area (Å²) in [6.07, 6.45) is 1.68. The molecule has 0 atom stereocenters. The van der Waals surface area contributed by atoms with E-state index in [0.29, 0.717) is 21.3 Å². The number of rotatable bonds is 3. The van der Waals surface area contributed by atoms with Crippen molar-refractivity contribution in [3.8, 4) is 0 Å². The summed E-state index contributed by atoms with van der Waals surface area (Å²) in [4.78, 5) is 16.5. The molecule has 0 amide bonds. The standard InChI is InChI=1S/C17H11Cl2NOS2/c18-13-8-4-7-12(15(13)19)9-14-16(21)23-17(20-14)22-10-11-5-2-1-3-6-11/h1-9H,10H2/b14-9-. The maximum absolute atomic E-state index is 12.1. The van der Waals surface area contributed by atoms with Crippen LogP contribution >= 0.6 is 46.7 Å². The Morgan fingerprint density at radius 1 is 1.09 bits per heavy atom. The second kappa shape index (κ2) is 7.58. The first-order valence-corrected chi connectivity index (χ1v) is 9.32. The first kappa shape index (κ1) is 16.7. The molecule has 0 unspecified atom stereocenters. The Kier molecular flexibility index (Phi) is 5.49. The lowest BCUT2D eigenvalue weighted by Gasteiger charge is -2.00. The molecule has 0 saturated carbocycles. The van der Waals surface area contributed by atoms with Crippen LogP contribution in [0.1, 0.15) is 11.1 Å². The van der Waals surface area contributed by atoms with Gasteiger partial charge in [-0.15, -0.1) is 0 Å². The van der Waals surface area contributed by atoms with Crippen LogP contribution in [-0.2, 0) is 10.5 Å². The maximum atomic E-state index is 12.1. The zero-order valence-electron chi connectivity index (χ0n) is 11.8. The van der Waals surface area contributed by atoms with Crippen molar-refractivity contribution in [2.75, 3.05) is 0 Å². The molecule has 0 N–H and O–H groups in total. The molecule has 0 saturated heterocycles. The van der Waals surface area contributed by atoms with Gasteiger partial charge in [-0.25, -0.2) is 4.99 Å². The zero-order valence-corrected chi connectivity index (χ0v) is 15.0. The van der Waals surface area contributed by atoms with Crippen molar-refractivity contribution >= 4 is 62.3 Å². The second-order valence-corrected chi connectivity index (χ2v) is 7.68. The van der Waals surface area contributed by atoms with Crippen molar-refractivity contribution in [2.24, 2.45) is 4.99 Å². The Labute approximate surface area is 153 Å². The molecule has 6 heteroatoms. The smallest absolute Gasteiger partial charge is 0.244 e. The first-order valence-electron chi connectivity index (χ1n) is 6.77. The molecule has 2 nitrogen and oxygen atoms in total. The Hall–Kier alpha value is -1.20. The fourth-order valence-electron chi connectivity index (χ4n) is 1.95. The molecular weight excluding hydrogens is 369 g/mol. The molecule has 2 aromatic rings. The number of thioether (sulfide) groups is 2. The summed E-state index contributed by atoms with van der Waals surface area (Å²) >= 11 is 14.8. The van der Waals surface area contributed by atoms with Crippen molar-refractivity contribution in [3.05, 3.63) is 75.4 Å². The minimum Gasteiger partial charge on any atom is -0.279 e. The molecule has 1 aliphatic heterocycles. The van der Waals surface area contributed by atoms with E-state index in [1.165, 1.54) is 5.56 Å². The Balaban J connectivity index is 1.76. The molecule has 2 aromatic carbocycles. The highest BCUT2D eigenvalue weighted by molar-refractivity contribution is 8.45. The molecular formula is C17H11Cl2NOS2. The van der Waals surface area contributed by atoms with Gasteiger partial charge in [0.25, 0.3) is 0 Å². The highest BCUT2D eigenvalue weighted by Gasteiger charge is 2.22. The number of hydrogen-bond acceptors (Lipinski definition) is 4. The van der Waals surface area contributed by atoms with Crippen LogP contribution in [0, 0.1) is 0 Å². The van der Waals surface area contributed by atoms with E-state index < -0.39 is 0 Å². The summed E-state index contributed by atoms with van der Waals surface area (Å²) in [5.41, 5.74) is 2.29. The summed E-state index contributed by atoms with van der Waals surface area (Å²) in [6, 6.07) is 15.4. The molecule has 23 heavy (non-hydrogen) atoms. The largest absolute Gasteiger partial charge is 0.279 e. The fraction of sp³-hybridized carbons (Fsp3) is 0.0588. The van der Waals surface area contributed by atoms with E-state index >= 15 is 0 Å². The van der Waals surface area contributed by atoms with E-state index in [1.807, 2.05) is 24.3 Å². The van der Waals surface area contributed by atoms with E-state index in [2.05, 4.69) is 17.1 Å². The van der Waals surface area contributed by atoms with Crippen LogP contribution in [0.5, 0.6) is 0 Å². The molecule has 1 heterocycles. The number of aliphatic imine (C=N–C) groups is 1. The first-order chi connectivity index (χ1) is 11.1. The number of carbonyl (C=O) groups is 1. The predicted molar refractivity (Wildman–Crippen MR) is 102 cm³/mol. The van der Waals surface area contributed by atoms with Crippen molar-refractivity contribution in [1.29, 1.82) is 0 Å². The van der Waals surface area contributed by atoms with Crippen molar-refractivity contribution in [1.82, 2.24) is 0 Å². The van der Waals surface area contributed by atoms with Gasteiger partial charge in [0.1, 0.15) is 10.1 Å². The Bertz CT molecular complexity index is 803. The zero-order chi connectivity index (χ0) is 16.2. The normalized spacial score (nSPS) is 16.0. The summed E-state index contributed by atoms with van der Waals surface area (Å²) in [7, 11) is 0. The van der Waals surface area contributed by atoms with E-state index in [9.17, 15) is 4.79 Å². The molecule has 0 radical (unpaired) electrons. The van der Waals surface area contributed by atoms with Gasteiger partial charge in [-0.05, 0) is 35.0 Å². The van der Waals surface area contributed by atoms with Crippen LogP contribution in [0.3, 0.4) is 0 Å². The van der Waals surface area contributed by atoms with Gasteiger partial charge >= 0.3 is 0 Å². The number of hydrogen-bond donors (Lipinski definition) is 0. The average Bonchev–Trinajstić information content (AvgIpc) is 2.91. The van der Waals surface area contributed by atoms with Crippen LogP contribution in [0.4, 0.5) is 0 Å². The Morgan fingerprint density at radius 3 is 2.65 bits per heavy atom. The van der Waals surface area contributed by atoms with E-state index in [-0.39, 0.29) is 5.12 Å². The number of benzene rings is 2. The monoisotopic (exact) mass is 379 g/mol. The van der Waals surface area contributed by atoms with Crippen LogP contribution in [0.25, 0.3) is 6.08 Å². The van der Waals surface area contributed by atoms with E-state index in [4.69, 9.17) is 23.2 Å². The van der Waals surface area contributed by atoms with Crippen LogP contribution < -0.4 is 0 Å². The van der Waals surface area contributed by atoms with Gasteiger partial charge < -0.3 is 0 Å². The lowest BCUT2D eigenvalue weighted by Crippen LogP contribution is -1.89. The van der Waals surface area contributed by atoms with Crippen molar-refractivity contribution in [3.63, 3.8) is 0 Å². The van der Waals surface area contributed by atoms with Gasteiger partial charge in [0, 0.05) is 5.75 Å². The molecule has 0 aromatic heterocycles. The van der Waals surface area contributed by atoms with Gasteiger partial charge in [0.2, 0.25) is 5.12 Å². The molecule has 0 spiro atoms. The lowest BCUT2D eigenvalue weighted by molar-refractivity contribution is -0.107. The van der Waals surface area contributed by atoms with Gasteiger partial charge in [-0.3, -0.25) is 4.79 Å². The molecule has 3 rings (SSSR count). The van der Waals surface area contributed by atoms with E-state index in [0.717, 1.165) is 21.9 Å². The number of halogens is 2. The van der Waals surface area contributed by atoms with Crippen LogP contribution in [0.15, 0.2) is 59.2 Å². The van der Waals surface area contributed by atoms with Gasteiger partial charge in [-0.1, -0.05) is 77.4 Å². The van der Waals surface area contributed by atoms with Crippen LogP contribution in [0.2, 0.25) is 10.0 Å². The minimum absolute atomic E-state index is 0.0726.